The zero-order valence-corrected chi connectivity index (χ0v) is 18.6. The second-order valence-corrected chi connectivity index (χ2v) is 8.13. The van der Waals surface area contributed by atoms with E-state index in [0.29, 0.717) is 5.92 Å². The Balaban J connectivity index is 1.54. The molecule has 3 aromatic rings. The summed E-state index contributed by atoms with van der Waals surface area (Å²) in [5, 5.41) is 0. The first-order chi connectivity index (χ1) is 14.8. The van der Waals surface area contributed by atoms with Crippen molar-refractivity contribution >= 4 is 0 Å². The summed E-state index contributed by atoms with van der Waals surface area (Å²) in [4.78, 5) is 0. The normalized spacial score (nSPS) is 11.9. The summed E-state index contributed by atoms with van der Waals surface area (Å²) in [6.45, 7) is 5.33. The van der Waals surface area contributed by atoms with Crippen LogP contribution in [0.1, 0.15) is 75.8 Å². The molecule has 3 aromatic carbocycles. The average molecular weight is 401 g/mol. The van der Waals surface area contributed by atoms with Gasteiger partial charge in [0.1, 0.15) is 5.75 Å². The lowest BCUT2D eigenvalue weighted by Gasteiger charge is -2.16. The van der Waals surface area contributed by atoms with Crippen LogP contribution in [0, 0.1) is 0 Å². The molecule has 0 radical (unpaired) electrons. The SMILES string of the molecule is CCCCCCCCOc1ccc(-c2ccc(C(CC)c3ccccc3)cc2)cc1. The smallest absolute Gasteiger partial charge is 0.119 e. The Morgan fingerprint density at radius 2 is 1.17 bits per heavy atom. The Bertz CT molecular complexity index is 834. The minimum absolute atomic E-state index is 0.456. The van der Waals surface area contributed by atoms with Gasteiger partial charge in [0.05, 0.1) is 6.61 Å². The molecule has 158 valence electrons. The fourth-order valence-electron chi connectivity index (χ4n) is 4.07. The van der Waals surface area contributed by atoms with Gasteiger partial charge >= 0.3 is 0 Å². The molecule has 1 heteroatoms. The van der Waals surface area contributed by atoms with E-state index >= 15 is 0 Å². The van der Waals surface area contributed by atoms with Gasteiger partial charge in [-0.3, -0.25) is 0 Å². The molecule has 0 amide bonds. The second kappa shape index (κ2) is 12.2. The molecule has 0 N–H and O–H groups in total. The number of hydrogen-bond donors (Lipinski definition) is 0. The number of unbranched alkanes of at least 4 members (excludes halogenated alkanes) is 5. The zero-order chi connectivity index (χ0) is 21.0. The predicted octanol–water partition coefficient (Wildman–Crippen LogP) is 8.63. The van der Waals surface area contributed by atoms with Gasteiger partial charge in [-0.15, -0.1) is 0 Å². The summed E-state index contributed by atoms with van der Waals surface area (Å²) < 4.78 is 5.92. The highest BCUT2D eigenvalue weighted by molar-refractivity contribution is 5.64. The fourth-order valence-corrected chi connectivity index (χ4v) is 4.07. The number of ether oxygens (including phenoxy) is 1. The summed E-state index contributed by atoms with van der Waals surface area (Å²) in [5.41, 5.74) is 5.26. The number of hydrogen-bond acceptors (Lipinski definition) is 1. The van der Waals surface area contributed by atoms with Gasteiger partial charge in [-0.25, -0.2) is 0 Å². The highest BCUT2D eigenvalue weighted by atomic mass is 16.5. The van der Waals surface area contributed by atoms with Crippen LogP contribution in [0.3, 0.4) is 0 Å². The third-order valence-electron chi connectivity index (χ3n) is 5.88. The minimum atomic E-state index is 0.456. The van der Waals surface area contributed by atoms with Crippen molar-refractivity contribution in [3.63, 3.8) is 0 Å². The van der Waals surface area contributed by atoms with Gasteiger partial charge in [0, 0.05) is 5.92 Å². The monoisotopic (exact) mass is 400 g/mol. The van der Waals surface area contributed by atoms with Crippen LogP contribution in [0.25, 0.3) is 11.1 Å². The average Bonchev–Trinajstić information content (AvgIpc) is 2.81. The first-order valence-electron chi connectivity index (χ1n) is 11.7. The molecule has 0 aliphatic heterocycles. The van der Waals surface area contributed by atoms with Crippen molar-refractivity contribution in [3.8, 4) is 16.9 Å². The van der Waals surface area contributed by atoms with Crippen molar-refractivity contribution in [1.29, 1.82) is 0 Å². The lowest BCUT2D eigenvalue weighted by atomic mass is 9.88. The van der Waals surface area contributed by atoms with Crippen molar-refractivity contribution in [3.05, 3.63) is 90.0 Å². The van der Waals surface area contributed by atoms with Crippen molar-refractivity contribution < 1.29 is 4.74 Å². The highest BCUT2D eigenvalue weighted by Gasteiger charge is 2.11. The van der Waals surface area contributed by atoms with E-state index in [9.17, 15) is 0 Å². The maximum Gasteiger partial charge on any atom is 0.119 e. The molecule has 0 spiro atoms. The molecule has 0 saturated carbocycles. The van der Waals surface area contributed by atoms with Crippen LogP contribution in [0.15, 0.2) is 78.9 Å². The molecule has 1 unspecified atom stereocenters. The Morgan fingerprint density at radius 3 is 1.80 bits per heavy atom. The summed E-state index contributed by atoms with van der Waals surface area (Å²) in [5.74, 6) is 1.43. The first-order valence-corrected chi connectivity index (χ1v) is 11.7. The first kappa shape index (κ1) is 22.2. The maximum atomic E-state index is 5.92. The van der Waals surface area contributed by atoms with Crippen molar-refractivity contribution in [2.75, 3.05) is 6.61 Å². The Morgan fingerprint density at radius 1 is 0.600 bits per heavy atom. The largest absolute Gasteiger partial charge is 0.494 e. The van der Waals surface area contributed by atoms with Crippen molar-refractivity contribution in [1.82, 2.24) is 0 Å². The summed E-state index contributed by atoms with van der Waals surface area (Å²) >= 11 is 0. The Hall–Kier alpha value is -2.54. The standard InChI is InChI=1S/C29H36O/c1-3-5-6-7-8-12-23-30-28-21-19-25(20-22-28)24-15-17-27(18-16-24)29(4-2)26-13-10-9-11-14-26/h9-11,13-22,29H,3-8,12,23H2,1-2H3. The summed E-state index contributed by atoms with van der Waals surface area (Å²) in [6.07, 6.45) is 8.86. The van der Waals surface area contributed by atoms with E-state index in [1.807, 2.05) is 0 Å². The van der Waals surface area contributed by atoms with Crippen molar-refractivity contribution in [2.24, 2.45) is 0 Å². The molecular weight excluding hydrogens is 364 g/mol. The fraction of sp³-hybridized carbons (Fsp3) is 0.379. The van der Waals surface area contributed by atoms with E-state index in [1.54, 1.807) is 0 Å². The van der Waals surface area contributed by atoms with Crippen LogP contribution in [0.2, 0.25) is 0 Å². The molecule has 0 aliphatic carbocycles. The second-order valence-electron chi connectivity index (χ2n) is 8.13. The van der Waals surface area contributed by atoms with E-state index in [-0.39, 0.29) is 0 Å². The van der Waals surface area contributed by atoms with Crippen LogP contribution in [0.5, 0.6) is 5.75 Å². The molecule has 1 atom stereocenters. The third-order valence-corrected chi connectivity index (χ3v) is 5.88. The highest BCUT2D eigenvalue weighted by Crippen LogP contribution is 2.30. The van der Waals surface area contributed by atoms with E-state index in [0.717, 1.165) is 25.2 Å². The molecule has 0 aromatic heterocycles. The van der Waals surface area contributed by atoms with Gasteiger partial charge < -0.3 is 4.74 Å². The topological polar surface area (TPSA) is 9.23 Å². The molecule has 1 nitrogen and oxygen atoms in total. The van der Waals surface area contributed by atoms with E-state index in [4.69, 9.17) is 4.74 Å². The van der Waals surface area contributed by atoms with Crippen LogP contribution in [-0.2, 0) is 0 Å². The van der Waals surface area contributed by atoms with E-state index in [1.165, 1.54) is 54.4 Å². The molecule has 0 saturated heterocycles. The summed E-state index contributed by atoms with van der Waals surface area (Å²) in [7, 11) is 0. The van der Waals surface area contributed by atoms with Gasteiger partial charge in [0.2, 0.25) is 0 Å². The molecule has 0 fully saturated rings. The molecule has 30 heavy (non-hydrogen) atoms. The van der Waals surface area contributed by atoms with Gasteiger partial charge in [-0.05, 0) is 47.2 Å². The predicted molar refractivity (Wildman–Crippen MR) is 129 cm³/mol. The quantitative estimate of drug-likeness (QED) is 0.276. The maximum absolute atomic E-state index is 5.92. The molecule has 0 aliphatic rings. The Kier molecular flexibility index (Phi) is 9.03. The van der Waals surface area contributed by atoms with Gasteiger partial charge in [-0.2, -0.15) is 0 Å². The Labute approximate surface area is 183 Å². The van der Waals surface area contributed by atoms with E-state index in [2.05, 4.69) is 92.7 Å². The number of benzene rings is 3. The van der Waals surface area contributed by atoms with Gasteiger partial charge in [-0.1, -0.05) is 113 Å². The lowest BCUT2D eigenvalue weighted by Crippen LogP contribution is -1.99. The number of rotatable bonds is 12. The molecular formula is C29H36O. The van der Waals surface area contributed by atoms with Crippen LogP contribution in [0.4, 0.5) is 0 Å². The van der Waals surface area contributed by atoms with Crippen LogP contribution >= 0.6 is 0 Å². The molecule has 0 bridgehead atoms. The third kappa shape index (κ3) is 6.49. The van der Waals surface area contributed by atoms with Crippen LogP contribution in [-0.4, -0.2) is 6.61 Å². The van der Waals surface area contributed by atoms with Gasteiger partial charge in [0.15, 0.2) is 0 Å². The zero-order valence-electron chi connectivity index (χ0n) is 18.6. The summed E-state index contributed by atoms with van der Waals surface area (Å²) in [6, 6.07) is 28.4. The van der Waals surface area contributed by atoms with Crippen molar-refractivity contribution in [2.45, 2.75) is 64.7 Å². The van der Waals surface area contributed by atoms with Crippen LogP contribution < -0.4 is 4.74 Å². The molecule has 0 heterocycles. The molecule has 3 rings (SSSR count). The minimum Gasteiger partial charge on any atom is -0.494 e. The lowest BCUT2D eigenvalue weighted by molar-refractivity contribution is 0.304. The van der Waals surface area contributed by atoms with Gasteiger partial charge in [0.25, 0.3) is 0 Å². The van der Waals surface area contributed by atoms with E-state index < -0.39 is 0 Å².